The minimum Gasteiger partial charge on any atom is -0.296 e. The van der Waals surface area contributed by atoms with E-state index < -0.39 is 0 Å². The maximum atomic E-state index is 4.48. The third-order valence-electron chi connectivity index (χ3n) is 3.52. The van der Waals surface area contributed by atoms with Crippen molar-refractivity contribution in [1.29, 1.82) is 0 Å². The lowest BCUT2D eigenvalue weighted by Crippen LogP contribution is -2.32. The zero-order valence-electron chi connectivity index (χ0n) is 11.7. The van der Waals surface area contributed by atoms with Crippen LogP contribution in [0.2, 0.25) is 0 Å². The Morgan fingerprint density at radius 2 is 1.80 bits per heavy atom. The van der Waals surface area contributed by atoms with Crippen LogP contribution >= 0.6 is 11.8 Å². The van der Waals surface area contributed by atoms with Crippen molar-refractivity contribution in [1.82, 2.24) is 15.2 Å². The number of aromatic nitrogens is 1. The van der Waals surface area contributed by atoms with Crippen molar-refractivity contribution in [3.63, 3.8) is 0 Å². The highest BCUT2D eigenvalue weighted by Gasteiger charge is 2.37. The number of pyridine rings is 1. The third kappa shape index (κ3) is 2.73. The quantitative estimate of drug-likeness (QED) is 0.938. The van der Waals surface area contributed by atoms with E-state index in [4.69, 9.17) is 0 Å². The number of thioether (sulfide) groups is 1. The van der Waals surface area contributed by atoms with Gasteiger partial charge in [0.1, 0.15) is 0 Å². The molecule has 2 aromatic rings. The van der Waals surface area contributed by atoms with Crippen LogP contribution < -0.4 is 5.32 Å². The van der Waals surface area contributed by atoms with Gasteiger partial charge in [-0.2, -0.15) is 0 Å². The van der Waals surface area contributed by atoms with Crippen LogP contribution in [0.25, 0.3) is 0 Å². The standard InChI is InChI=1S/C16H19N3S/c1-19(2)16-14(12-8-4-3-5-9-12)18-15(20-16)13-10-6-7-11-17-13/h3-11,14-16,18H,1-2H3. The van der Waals surface area contributed by atoms with E-state index in [1.54, 1.807) is 0 Å². The topological polar surface area (TPSA) is 28.2 Å². The van der Waals surface area contributed by atoms with Crippen LogP contribution in [0.5, 0.6) is 0 Å². The largest absolute Gasteiger partial charge is 0.296 e. The number of nitrogens with one attached hydrogen (secondary N) is 1. The molecule has 1 aromatic heterocycles. The molecule has 1 aliphatic heterocycles. The molecule has 1 aromatic carbocycles. The average molecular weight is 285 g/mol. The van der Waals surface area contributed by atoms with E-state index in [9.17, 15) is 0 Å². The fourth-order valence-corrected chi connectivity index (χ4v) is 3.95. The Morgan fingerprint density at radius 3 is 2.45 bits per heavy atom. The Kier molecular flexibility index (Phi) is 4.05. The maximum absolute atomic E-state index is 4.48. The molecule has 0 amide bonds. The van der Waals surface area contributed by atoms with Crippen LogP contribution in [0, 0.1) is 0 Å². The summed E-state index contributed by atoms with van der Waals surface area (Å²) in [6.07, 6.45) is 1.86. The monoisotopic (exact) mass is 285 g/mol. The van der Waals surface area contributed by atoms with Gasteiger partial charge in [-0.15, -0.1) is 11.8 Å². The summed E-state index contributed by atoms with van der Waals surface area (Å²) < 4.78 is 0. The molecule has 3 atom stereocenters. The van der Waals surface area contributed by atoms with E-state index in [0.29, 0.717) is 11.4 Å². The second-order valence-electron chi connectivity index (χ2n) is 5.18. The number of hydrogen-bond acceptors (Lipinski definition) is 4. The molecule has 104 valence electrons. The Bertz CT molecular complexity index is 544. The summed E-state index contributed by atoms with van der Waals surface area (Å²) in [5.41, 5.74) is 2.43. The molecule has 1 N–H and O–H groups in total. The van der Waals surface area contributed by atoms with Crippen molar-refractivity contribution in [3.8, 4) is 0 Å². The first-order chi connectivity index (χ1) is 9.75. The SMILES string of the molecule is CN(C)C1SC(c2ccccn2)NC1c1ccccc1. The van der Waals surface area contributed by atoms with Crippen LogP contribution in [0.3, 0.4) is 0 Å². The lowest BCUT2D eigenvalue weighted by atomic mass is 10.1. The van der Waals surface area contributed by atoms with Crippen LogP contribution in [0.15, 0.2) is 54.7 Å². The molecule has 3 rings (SSSR count). The predicted octanol–water partition coefficient (Wildman–Crippen LogP) is 3.05. The first-order valence-corrected chi connectivity index (χ1v) is 7.74. The van der Waals surface area contributed by atoms with Crippen molar-refractivity contribution in [2.75, 3.05) is 14.1 Å². The molecule has 3 unspecified atom stereocenters. The zero-order valence-corrected chi connectivity index (χ0v) is 12.5. The van der Waals surface area contributed by atoms with Crippen LogP contribution in [-0.4, -0.2) is 29.4 Å². The predicted molar refractivity (Wildman–Crippen MR) is 84.4 cm³/mol. The van der Waals surface area contributed by atoms with Gasteiger partial charge in [0, 0.05) is 6.20 Å². The lowest BCUT2D eigenvalue weighted by Gasteiger charge is -2.24. The minimum atomic E-state index is 0.244. The number of rotatable bonds is 3. The number of hydrogen-bond donors (Lipinski definition) is 1. The summed E-state index contributed by atoms with van der Waals surface area (Å²) in [6.45, 7) is 0. The highest BCUT2D eigenvalue weighted by atomic mass is 32.2. The average Bonchev–Trinajstić information content (AvgIpc) is 2.94. The fourth-order valence-electron chi connectivity index (χ4n) is 2.53. The van der Waals surface area contributed by atoms with E-state index >= 15 is 0 Å². The van der Waals surface area contributed by atoms with Crippen molar-refractivity contribution >= 4 is 11.8 Å². The highest BCUT2D eigenvalue weighted by molar-refractivity contribution is 8.00. The summed E-state index contributed by atoms with van der Waals surface area (Å²) in [6, 6.07) is 17.1. The molecule has 0 bridgehead atoms. The zero-order chi connectivity index (χ0) is 13.9. The fraction of sp³-hybridized carbons (Fsp3) is 0.312. The van der Waals surface area contributed by atoms with Crippen molar-refractivity contribution < 1.29 is 0 Å². The number of nitrogens with zero attached hydrogens (tertiary/aromatic N) is 2. The van der Waals surface area contributed by atoms with Crippen molar-refractivity contribution in [2.24, 2.45) is 0 Å². The van der Waals surface area contributed by atoms with E-state index in [0.717, 1.165) is 5.69 Å². The molecule has 0 aliphatic carbocycles. The van der Waals surface area contributed by atoms with E-state index in [2.05, 4.69) is 65.7 Å². The summed E-state index contributed by atoms with van der Waals surface area (Å²) in [4.78, 5) is 6.76. The molecule has 0 spiro atoms. The molecule has 3 nitrogen and oxygen atoms in total. The van der Waals surface area contributed by atoms with Gasteiger partial charge in [-0.25, -0.2) is 0 Å². The van der Waals surface area contributed by atoms with Gasteiger partial charge in [0.05, 0.1) is 22.5 Å². The Morgan fingerprint density at radius 1 is 1.05 bits per heavy atom. The lowest BCUT2D eigenvalue weighted by molar-refractivity contribution is 0.327. The molecule has 0 radical (unpaired) electrons. The second kappa shape index (κ2) is 5.95. The number of benzene rings is 1. The van der Waals surface area contributed by atoms with Crippen molar-refractivity contribution in [2.45, 2.75) is 16.8 Å². The first-order valence-electron chi connectivity index (χ1n) is 6.79. The van der Waals surface area contributed by atoms with Gasteiger partial charge in [0.15, 0.2) is 0 Å². The Labute approximate surface area is 124 Å². The molecule has 0 saturated carbocycles. The van der Waals surface area contributed by atoms with Crippen LogP contribution in [0.1, 0.15) is 22.7 Å². The summed E-state index contributed by atoms with van der Waals surface area (Å²) in [5.74, 6) is 0. The third-order valence-corrected chi connectivity index (χ3v) is 5.14. The first kappa shape index (κ1) is 13.6. The molecule has 2 heterocycles. The second-order valence-corrected chi connectivity index (χ2v) is 6.41. The normalized spacial score (nSPS) is 26.1. The van der Waals surface area contributed by atoms with E-state index in [-0.39, 0.29) is 5.37 Å². The Balaban J connectivity index is 1.87. The molecular formula is C16H19N3S. The Hall–Kier alpha value is -1.36. The van der Waals surface area contributed by atoms with Gasteiger partial charge < -0.3 is 0 Å². The van der Waals surface area contributed by atoms with Gasteiger partial charge in [-0.3, -0.25) is 15.2 Å². The molecular weight excluding hydrogens is 266 g/mol. The van der Waals surface area contributed by atoms with E-state index in [1.807, 2.05) is 30.1 Å². The van der Waals surface area contributed by atoms with Gasteiger partial charge in [-0.1, -0.05) is 36.4 Å². The van der Waals surface area contributed by atoms with E-state index in [1.165, 1.54) is 5.56 Å². The highest BCUT2D eigenvalue weighted by Crippen LogP contribution is 2.44. The van der Waals surface area contributed by atoms with Gasteiger partial charge in [0.2, 0.25) is 0 Å². The van der Waals surface area contributed by atoms with Gasteiger partial charge in [0.25, 0.3) is 0 Å². The molecule has 4 heteroatoms. The summed E-state index contributed by atoms with van der Waals surface area (Å²) in [7, 11) is 4.27. The summed E-state index contributed by atoms with van der Waals surface area (Å²) >= 11 is 1.93. The molecule has 20 heavy (non-hydrogen) atoms. The molecule has 1 fully saturated rings. The maximum Gasteiger partial charge on any atom is 0.0984 e. The van der Waals surface area contributed by atoms with Crippen molar-refractivity contribution in [3.05, 3.63) is 66.0 Å². The van der Waals surface area contributed by atoms with Gasteiger partial charge in [-0.05, 0) is 31.8 Å². The molecule has 1 aliphatic rings. The number of likely N-dealkylation sites (N-methyl/N-ethyl adjacent to an activating group) is 1. The smallest absolute Gasteiger partial charge is 0.0984 e. The van der Waals surface area contributed by atoms with Crippen LogP contribution in [0.4, 0.5) is 0 Å². The minimum absolute atomic E-state index is 0.244. The van der Waals surface area contributed by atoms with Gasteiger partial charge >= 0.3 is 0 Å². The molecule has 1 saturated heterocycles. The summed E-state index contributed by atoms with van der Waals surface area (Å²) in [5, 5.41) is 4.36. The van der Waals surface area contributed by atoms with Crippen LogP contribution in [-0.2, 0) is 0 Å².